The van der Waals surface area contributed by atoms with Crippen LogP contribution in [-0.2, 0) is 13.5 Å². The van der Waals surface area contributed by atoms with E-state index < -0.39 is 0 Å². The molecule has 1 aliphatic rings. The van der Waals surface area contributed by atoms with Crippen LogP contribution in [0, 0.1) is 12.8 Å². The molecule has 0 spiro atoms. The second-order valence-corrected chi connectivity index (χ2v) is 6.31. The highest BCUT2D eigenvalue weighted by Crippen LogP contribution is 2.28. The summed E-state index contributed by atoms with van der Waals surface area (Å²) < 4.78 is 1.75. The van der Waals surface area contributed by atoms with Crippen molar-refractivity contribution in [2.75, 3.05) is 0 Å². The predicted octanol–water partition coefficient (Wildman–Crippen LogP) is 3.61. The van der Waals surface area contributed by atoms with Crippen molar-refractivity contribution in [3.05, 3.63) is 16.4 Å². The Morgan fingerprint density at radius 3 is 2.37 bits per heavy atom. The number of hydrogen-bond acceptors (Lipinski definition) is 2. The van der Waals surface area contributed by atoms with Crippen molar-refractivity contribution >= 4 is 11.6 Å². The summed E-state index contributed by atoms with van der Waals surface area (Å²) in [5.74, 6) is 0.649. The second kappa shape index (κ2) is 6.76. The summed E-state index contributed by atoms with van der Waals surface area (Å²) >= 11 is 6.30. The molecule has 2 rings (SSSR count). The van der Waals surface area contributed by atoms with Crippen molar-refractivity contribution in [2.24, 2.45) is 18.7 Å². The van der Waals surface area contributed by atoms with Gasteiger partial charge < -0.3 is 5.73 Å². The van der Waals surface area contributed by atoms with E-state index in [4.69, 9.17) is 17.3 Å². The fraction of sp³-hybridized carbons (Fsp3) is 0.800. The second-order valence-electron chi connectivity index (χ2n) is 5.95. The van der Waals surface area contributed by atoms with Gasteiger partial charge in [0.15, 0.2) is 0 Å². The fourth-order valence-corrected chi connectivity index (χ4v) is 3.48. The van der Waals surface area contributed by atoms with Gasteiger partial charge in [-0.2, -0.15) is 5.10 Å². The van der Waals surface area contributed by atoms with Crippen LogP contribution in [0.3, 0.4) is 0 Å². The smallest absolute Gasteiger partial charge is 0.130 e. The molecule has 1 unspecified atom stereocenters. The van der Waals surface area contributed by atoms with Crippen molar-refractivity contribution in [1.29, 1.82) is 0 Å². The number of aromatic nitrogens is 2. The summed E-state index contributed by atoms with van der Waals surface area (Å²) in [4.78, 5) is 0. The summed E-state index contributed by atoms with van der Waals surface area (Å²) in [5.41, 5.74) is 8.61. The van der Waals surface area contributed by atoms with Gasteiger partial charge in [0, 0.05) is 18.7 Å². The van der Waals surface area contributed by atoms with Crippen LogP contribution in [0.1, 0.15) is 56.2 Å². The summed E-state index contributed by atoms with van der Waals surface area (Å²) in [5, 5.41) is 5.12. The zero-order chi connectivity index (χ0) is 13.8. The molecule has 1 aromatic rings. The normalized spacial score (nSPS) is 20.0. The van der Waals surface area contributed by atoms with Crippen LogP contribution < -0.4 is 5.73 Å². The van der Waals surface area contributed by atoms with E-state index in [1.165, 1.54) is 44.9 Å². The third kappa shape index (κ3) is 3.73. The first-order valence-electron chi connectivity index (χ1n) is 7.53. The molecule has 0 radical (unpaired) electrons. The van der Waals surface area contributed by atoms with Crippen molar-refractivity contribution in [2.45, 2.75) is 64.3 Å². The first-order chi connectivity index (χ1) is 9.09. The summed E-state index contributed by atoms with van der Waals surface area (Å²) in [6.45, 7) is 2.02. The van der Waals surface area contributed by atoms with Gasteiger partial charge in [0.2, 0.25) is 0 Å². The minimum atomic E-state index is 0.221. The molecule has 1 atom stereocenters. The molecular formula is C15H26ClN3. The maximum atomic E-state index is 6.45. The van der Waals surface area contributed by atoms with Crippen molar-refractivity contribution < 1.29 is 0 Å². The first-order valence-corrected chi connectivity index (χ1v) is 7.91. The van der Waals surface area contributed by atoms with Crippen LogP contribution in [0.5, 0.6) is 0 Å². The van der Waals surface area contributed by atoms with Crippen molar-refractivity contribution in [1.82, 2.24) is 9.78 Å². The topological polar surface area (TPSA) is 43.8 Å². The molecule has 108 valence electrons. The molecule has 0 saturated heterocycles. The van der Waals surface area contributed by atoms with Gasteiger partial charge in [-0.15, -0.1) is 0 Å². The fourth-order valence-electron chi connectivity index (χ4n) is 3.22. The van der Waals surface area contributed by atoms with Crippen LogP contribution in [0.2, 0.25) is 5.15 Å². The summed E-state index contributed by atoms with van der Waals surface area (Å²) in [6.07, 6.45) is 10.2. The molecule has 0 aromatic carbocycles. The lowest BCUT2D eigenvalue weighted by Gasteiger charge is -2.25. The molecule has 1 aliphatic carbocycles. The number of nitrogens with zero attached hydrogens (tertiary/aromatic N) is 2. The van der Waals surface area contributed by atoms with Crippen LogP contribution in [0.25, 0.3) is 0 Å². The Labute approximate surface area is 121 Å². The maximum Gasteiger partial charge on any atom is 0.130 e. The molecule has 0 amide bonds. The molecule has 19 heavy (non-hydrogen) atoms. The van der Waals surface area contributed by atoms with Crippen LogP contribution >= 0.6 is 11.6 Å². The van der Waals surface area contributed by atoms with E-state index in [0.29, 0.717) is 5.92 Å². The molecule has 0 bridgehead atoms. The number of rotatable bonds is 3. The molecule has 1 aromatic heterocycles. The van der Waals surface area contributed by atoms with Gasteiger partial charge >= 0.3 is 0 Å². The molecule has 0 aliphatic heterocycles. The van der Waals surface area contributed by atoms with E-state index in [9.17, 15) is 0 Å². The Kier molecular flexibility index (Phi) is 5.28. The molecular weight excluding hydrogens is 258 g/mol. The van der Waals surface area contributed by atoms with E-state index in [-0.39, 0.29) is 6.04 Å². The average molecular weight is 284 g/mol. The predicted molar refractivity (Wildman–Crippen MR) is 80.4 cm³/mol. The average Bonchev–Trinajstić information content (AvgIpc) is 2.55. The lowest BCUT2D eigenvalue weighted by Crippen LogP contribution is -2.33. The minimum absolute atomic E-state index is 0.221. The highest BCUT2D eigenvalue weighted by atomic mass is 35.5. The number of aryl methyl sites for hydroxylation is 2. The van der Waals surface area contributed by atoms with Gasteiger partial charge in [-0.25, -0.2) is 0 Å². The number of nitrogens with two attached hydrogens (primary N) is 1. The maximum absolute atomic E-state index is 6.45. The Balaban J connectivity index is 2.00. The molecule has 1 fully saturated rings. The molecule has 2 N–H and O–H groups in total. The monoisotopic (exact) mass is 283 g/mol. The van der Waals surface area contributed by atoms with Crippen LogP contribution in [-0.4, -0.2) is 15.8 Å². The Bertz CT molecular complexity index is 406. The van der Waals surface area contributed by atoms with Gasteiger partial charge in [0.1, 0.15) is 5.15 Å². The Hall–Kier alpha value is -0.540. The Morgan fingerprint density at radius 2 is 1.84 bits per heavy atom. The van der Waals surface area contributed by atoms with Gasteiger partial charge in [-0.3, -0.25) is 4.68 Å². The van der Waals surface area contributed by atoms with Crippen LogP contribution in [0.4, 0.5) is 0 Å². The third-order valence-electron chi connectivity index (χ3n) is 4.47. The van der Waals surface area contributed by atoms with Crippen molar-refractivity contribution in [3.63, 3.8) is 0 Å². The van der Waals surface area contributed by atoms with Gasteiger partial charge in [-0.05, 0) is 32.1 Å². The van der Waals surface area contributed by atoms with E-state index in [0.717, 1.165) is 22.8 Å². The molecule has 1 heterocycles. The third-order valence-corrected chi connectivity index (χ3v) is 4.94. The SMILES string of the molecule is Cc1nn(C)c(Cl)c1CC(N)C1CCCCCCC1. The van der Waals surface area contributed by atoms with E-state index in [1.54, 1.807) is 4.68 Å². The molecule has 4 heteroatoms. The minimum Gasteiger partial charge on any atom is -0.327 e. The Morgan fingerprint density at radius 1 is 1.26 bits per heavy atom. The quantitative estimate of drug-likeness (QED) is 0.921. The van der Waals surface area contributed by atoms with E-state index in [2.05, 4.69) is 5.10 Å². The summed E-state index contributed by atoms with van der Waals surface area (Å²) in [7, 11) is 1.89. The highest BCUT2D eigenvalue weighted by Gasteiger charge is 2.22. The van der Waals surface area contributed by atoms with E-state index >= 15 is 0 Å². The van der Waals surface area contributed by atoms with Gasteiger partial charge in [0.25, 0.3) is 0 Å². The zero-order valence-electron chi connectivity index (χ0n) is 12.2. The lowest BCUT2D eigenvalue weighted by molar-refractivity contribution is 0.322. The summed E-state index contributed by atoms with van der Waals surface area (Å²) in [6, 6.07) is 0.221. The molecule has 1 saturated carbocycles. The van der Waals surface area contributed by atoms with Gasteiger partial charge in [0.05, 0.1) is 5.69 Å². The first kappa shape index (κ1) is 14.9. The number of halogens is 1. The van der Waals surface area contributed by atoms with E-state index in [1.807, 2.05) is 14.0 Å². The zero-order valence-corrected chi connectivity index (χ0v) is 12.9. The van der Waals surface area contributed by atoms with Crippen molar-refractivity contribution in [3.8, 4) is 0 Å². The lowest BCUT2D eigenvalue weighted by atomic mass is 9.84. The van der Waals surface area contributed by atoms with Gasteiger partial charge in [-0.1, -0.05) is 43.7 Å². The number of hydrogen-bond donors (Lipinski definition) is 1. The highest BCUT2D eigenvalue weighted by molar-refractivity contribution is 6.30. The van der Waals surface area contributed by atoms with Crippen LogP contribution in [0.15, 0.2) is 0 Å². The standard InChI is InChI=1S/C15H26ClN3/c1-11-13(15(16)19(2)18-11)10-14(17)12-8-6-4-3-5-7-9-12/h12,14H,3-10,17H2,1-2H3. The molecule has 3 nitrogen and oxygen atoms in total. The largest absolute Gasteiger partial charge is 0.327 e.